The van der Waals surface area contributed by atoms with Crippen molar-refractivity contribution in [2.45, 2.75) is 87.6 Å². The largest absolute Gasteiger partial charge is 0.493 e. The fraction of sp³-hybridized carbons (Fsp3) is 0.600. The zero-order valence-electron chi connectivity index (χ0n) is 28.4. The van der Waals surface area contributed by atoms with Gasteiger partial charge in [-0.3, -0.25) is 19.1 Å². The molecule has 3 amide bonds. The molecule has 2 aliphatic heterocycles. The Morgan fingerprint density at radius 1 is 1.12 bits per heavy atom. The number of fused-ring (bicyclic) bond motifs is 3. The van der Waals surface area contributed by atoms with Crippen molar-refractivity contribution >= 4 is 38.5 Å². The maximum atomic E-state index is 14.1. The number of ether oxygens (including phenoxy) is 3. The van der Waals surface area contributed by atoms with Crippen LogP contribution >= 0.6 is 0 Å². The number of nitrogens with one attached hydrogen (secondary N) is 2. The fourth-order valence-electron chi connectivity index (χ4n) is 7.30. The number of pyridine rings is 1. The molecule has 1 aromatic carbocycles. The molecule has 266 valence electrons. The summed E-state index contributed by atoms with van der Waals surface area (Å²) in [4.78, 5) is 47.6. The number of hydrogen-bond donors (Lipinski definition) is 2. The second kappa shape index (κ2) is 13.4. The molecular formula is C35H45FN4O8S. The van der Waals surface area contributed by atoms with Crippen molar-refractivity contribution in [2.75, 3.05) is 27.4 Å². The lowest BCUT2D eigenvalue weighted by molar-refractivity contribution is -0.140. The van der Waals surface area contributed by atoms with Gasteiger partial charge in [-0.15, -0.1) is 0 Å². The lowest BCUT2D eigenvalue weighted by Crippen LogP contribution is -2.57. The molecule has 1 aromatic heterocycles. The van der Waals surface area contributed by atoms with E-state index >= 15 is 0 Å². The number of methoxy groups -OCH3 is 2. The number of allylic oxidation sites excluding steroid dienone is 1. The van der Waals surface area contributed by atoms with Crippen LogP contribution in [0.1, 0.15) is 65.2 Å². The normalized spacial score (nSPS) is 29.9. The average Bonchev–Trinajstić information content (AvgIpc) is 3.97. The van der Waals surface area contributed by atoms with Crippen LogP contribution in [-0.2, 0) is 24.4 Å². The van der Waals surface area contributed by atoms with E-state index in [0.29, 0.717) is 28.7 Å². The van der Waals surface area contributed by atoms with Crippen LogP contribution in [0.2, 0.25) is 0 Å². The number of hydrogen-bond acceptors (Lipinski definition) is 9. The summed E-state index contributed by atoms with van der Waals surface area (Å²) >= 11 is 0. The van der Waals surface area contributed by atoms with Gasteiger partial charge in [0.1, 0.15) is 29.1 Å². The van der Waals surface area contributed by atoms with Crippen molar-refractivity contribution in [3.05, 3.63) is 36.5 Å². The highest BCUT2D eigenvalue weighted by Crippen LogP contribution is 2.48. The molecule has 14 heteroatoms. The number of carbonyl (C=O) groups is 3. The third-order valence-electron chi connectivity index (χ3n) is 10.5. The topological polar surface area (TPSA) is 153 Å². The Morgan fingerprint density at radius 2 is 1.86 bits per heavy atom. The Labute approximate surface area is 286 Å². The summed E-state index contributed by atoms with van der Waals surface area (Å²) in [6, 6.07) is 4.40. The number of aromatic nitrogens is 1. The first-order chi connectivity index (χ1) is 23.3. The van der Waals surface area contributed by atoms with E-state index < -0.39 is 56.9 Å². The summed E-state index contributed by atoms with van der Waals surface area (Å²) in [7, 11) is -1.23. The van der Waals surface area contributed by atoms with Crippen LogP contribution in [0.4, 0.5) is 4.39 Å². The number of rotatable bonds is 8. The number of carbonyl (C=O) groups excluding carboxylic acids is 3. The molecule has 4 aliphatic rings. The van der Waals surface area contributed by atoms with E-state index in [4.69, 9.17) is 14.2 Å². The van der Waals surface area contributed by atoms with E-state index in [9.17, 15) is 27.2 Å². The molecule has 2 saturated carbocycles. The minimum absolute atomic E-state index is 0.0726. The Hall–Kier alpha value is -3.94. The Bertz CT molecular complexity index is 1760. The number of alkyl halides is 1. The van der Waals surface area contributed by atoms with Crippen LogP contribution in [0.5, 0.6) is 17.4 Å². The standard InChI is InChI=1S/C35H45FN4O8S/c1-21-7-5-6-8-24-18-35(24,33(43)39-49(44,45)34(20-36)10-11-34)38-31(42)27-16-25(19-40(27)30(41)14-22(2)13-21)48-32-26-17-29(47-4)28(46-3)15-23(26)9-12-37-32/h6,8-9,12,15,17,21-22,24-25,27H,5,7,10-11,13-14,16,18-20H2,1-4H3,(H,38,42)(H,39,43). The van der Waals surface area contributed by atoms with Gasteiger partial charge >= 0.3 is 0 Å². The molecule has 0 bridgehead atoms. The Kier molecular flexibility index (Phi) is 9.55. The molecule has 12 nitrogen and oxygen atoms in total. The minimum Gasteiger partial charge on any atom is -0.493 e. The van der Waals surface area contributed by atoms with Gasteiger partial charge in [-0.2, -0.15) is 0 Å². The second-order valence-electron chi connectivity index (χ2n) is 14.3. The van der Waals surface area contributed by atoms with Crippen molar-refractivity contribution in [1.82, 2.24) is 19.9 Å². The number of nitrogens with zero attached hydrogens (tertiary/aromatic N) is 2. The van der Waals surface area contributed by atoms with Crippen molar-refractivity contribution in [3.8, 4) is 17.4 Å². The fourth-order valence-corrected chi connectivity index (χ4v) is 8.72. The molecular weight excluding hydrogens is 655 g/mol. The lowest BCUT2D eigenvalue weighted by atomic mass is 9.91. The van der Waals surface area contributed by atoms with E-state index in [1.54, 1.807) is 19.4 Å². The minimum atomic E-state index is -4.31. The monoisotopic (exact) mass is 700 g/mol. The van der Waals surface area contributed by atoms with Crippen molar-refractivity contribution in [2.24, 2.45) is 17.8 Å². The summed E-state index contributed by atoms with van der Waals surface area (Å²) in [5.74, 6) is -0.400. The number of benzene rings is 1. The van der Waals surface area contributed by atoms with Gasteiger partial charge in [0.25, 0.3) is 5.91 Å². The molecule has 49 heavy (non-hydrogen) atoms. The van der Waals surface area contributed by atoms with Gasteiger partial charge in [0, 0.05) is 30.3 Å². The van der Waals surface area contributed by atoms with Crippen molar-refractivity contribution in [1.29, 1.82) is 0 Å². The van der Waals surface area contributed by atoms with Gasteiger partial charge in [-0.1, -0.05) is 26.0 Å². The van der Waals surface area contributed by atoms with E-state index in [2.05, 4.69) is 21.9 Å². The molecule has 0 spiro atoms. The third-order valence-corrected chi connectivity index (χ3v) is 12.6. The molecule has 3 heterocycles. The Balaban J connectivity index is 1.29. The zero-order valence-corrected chi connectivity index (χ0v) is 29.2. The molecule has 2 N–H and O–H groups in total. The Morgan fingerprint density at radius 3 is 2.55 bits per heavy atom. The maximum absolute atomic E-state index is 14.1. The van der Waals surface area contributed by atoms with Gasteiger partial charge in [-0.25, -0.2) is 17.8 Å². The highest BCUT2D eigenvalue weighted by molar-refractivity contribution is 7.91. The summed E-state index contributed by atoms with van der Waals surface area (Å²) in [6.45, 7) is 3.19. The quantitative estimate of drug-likeness (QED) is 0.392. The average molecular weight is 701 g/mol. The van der Waals surface area contributed by atoms with Gasteiger partial charge in [0.15, 0.2) is 11.5 Å². The molecule has 6 unspecified atom stereocenters. The van der Waals surface area contributed by atoms with E-state index in [-0.39, 0.29) is 50.5 Å². The van der Waals surface area contributed by atoms with Gasteiger partial charge in [-0.05, 0) is 73.9 Å². The summed E-state index contributed by atoms with van der Waals surface area (Å²) in [6.07, 6.45) is 8.02. The van der Waals surface area contributed by atoms with E-state index in [0.717, 1.165) is 24.6 Å². The van der Waals surface area contributed by atoms with Crippen LogP contribution in [0.15, 0.2) is 36.5 Å². The third kappa shape index (κ3) is 6.80. The zero-order chi connectivity index (χ0) is 35.1. The molecule has 6 rings (SSSR count). The maximum Gasteiger partial charge on any atom is 0.259 e. The molecule has 6 atom stereocenters. The molecule has 1 saturated heterocycles. The highest BCUT2D eigenvalue weighted by atomic mass is 32.2. The van der Waals surface area contributed by atoms with Crippen LogP contribution < -0.4 is 24.2 Å². The lowest BCUT2D eigenvalue weighted by Gasteiger charge is -2.28. The number of halogens is 1. The van der Waals surface area contributed by atoms with Crippen LogP contribution in [0.3, 0.4) is 0 Å². The predicted octanol–water partition coefficient (Wildman–Crippen LogP) is 3.83. The second-order valence-corrected chi connectivity index (χ2v) is 16.3. The molecule has 2 aromatic rings. The van der Waals surface area contributed by atoms with Gasteiger partial charge in [0.05, 0.1) is 20.8 Å². The summed E-state index contributed by atoms with van der Waals surface area (Å²) in [5.41, 5.74) is -1.55. The van der Waals surface area contributed by atoms with Gasteiger partial charge < -0.3 is 24.4 Å². The first-order valence-corrected chi connectivity index (χ1v) is 18.4. The van der Waals surface area contributed by atoms with E-state index in [1.165, 1.54) is 12.0 Å². The SMILES string of the molecule is COc1cc2ccnc(OC3CC4C(=O)NC5(C(=O)NS(=O)(=O)C6(CF)CC6)CC5C=CCCC(C)CC(C)CC(=O)N4C3)c2cc1OC. The predicted molar refractivity (Wildman–Crippen MR) is 179 cm³/mol. The van der Waals surface area contributed by atoms with Crippen LogP contribution in [-0.4, -0.2) is 85.9 Å². The molecule has 0 radical (unpaired) electrons. The number of amides is 3. The van der Waals surface area contributed by atoms with Crippen LogP contribution in [0.25, 0.3) is 10.8 Å². The first kappa shape index (κ1) is 34.9. The summed E-state index contributed by atoms with van der Waals surface area (Å²) < 4.78 is 57.6. The van der Waals surface area contributed by atoms with Gasteiger partial charge in [0.2, 0.25) is 27.7 Å². The van der Waals surface area contributed by atoms with Crippen molar-refractivity contribution < 1.29 is 41.4 Å². The van der Waals surface area contributed by atoms with E-state index in [1.807, 2.05) is 31.2 Å². The smallest absolute Gasteiger partial charge is 0.259 e. The van der Waals surface area contributed by atoms with Crippen LogP contribution in [0, 0.1) is 17.8 Å². The number of sulfonamides is 1. The van der Waals surface area contributed by atoms with Crippen molar-refractivity contribution in [3.63, 3.8) is 0 Å². The summed E-state index contributed by atoms with van der Waals surface area (Å²) in [5, 5.41) is 4.30. The highest BCUT2D eigenvalue weighted by Gasteiger charge is 2.64. The first-order valence-electron chi connectivity index (χ1n) is 16.9. The molecule has 2 aliphatic carbocycles. The molecule has 3 fully saturated rings.